The van der Waals surface area contributed by atoms with Crippen LogP contribution < -0.4 is 11.1 Å². The molecule has 0 amide bonds. The van der Waals surface area contributed by atoms with Crippen LogP contribution in [0, 0.1) is 5.41 Å². The number of rotatable bonds is 5. The van der Waals surface area contributed by atoms with E-state index in [2.05, 4.69) is 16.4 Å². The van der Waals surface area contributed by atoms with Gasteiger partial charge in [0.05, 0.1) is 13.2 Å². The normalized spacial score (nSPS) is 18.5. The van der Waals surface area contributed by atoms with Crippen molar-refractivity contribution >= 4 is 0 Å². The van der Waals surface area contributed by atoms with E-state index in [0.717, 1.165) is 26.3 Å². The molecule has 0 aliphatic carbocycles. The molecule has 15 heavy (non-hydrogen) atoms. The second kappa shape index (κ2) is 4.70. The Morgan fingerprint density at radius 3 is 2.93 bits per heavy atom. The molecule has 0 bridgehead atoms. The van der Waals surface area contributed by atoms with Crippen LogP contribution in [-0.2, 0) is 11.3 Å². The Kier molecular flexibility index (Phi) is 3.30. The van der Waals surface area contributed by atoms with Gasteiger partial charge in [0.15, 0.2) is 0 Å². The van der Waals surface area contributed by atoms with Crippen molar-refractivity contribution in [2.75, 3.05) is 26.3 Å². The van der Waals surface area contributed by atoms with Crippen molar-refractivity contribution in [2.45, 2.75) is 6.54 Å². The molecule has 4 nitrogen and oxygen atoms in total. The third-order valence-electron chi connectivity index (χ3n) is 2.80. The molecule has 1 aromatic heterocycles. The summed E-state index contributed by atoms with van der Waals surface area (Å²) in [6.07, 6.45) is 3.66. The molecule has 2 rings (SSSR count). The Morgan fingerprint density at radius 1 is 1.53 bits per heavy atom. The van der Waals surface area contributed by atoms with Crippen LogP contribution in [0.1, 0.15) is 5.56 Å². The van der Waals surface area contributed by atoms with Crippen molar-refractivity contribution in [1.82, 2.24) is 10.3 Å². The number of aromatic nitrogens is 1. The van der Waals surface area contributed by atoms with Gasteiger partial charge in [-0.15, -0.1) is 0 Å². The molecule has 0 atom stereocenters. The first-order valence-electron chi connectivity index (χ1n) is 5.22. The summed E-state index contributed by atoms with van der Waals surface area (Å²) < 4.78 is 5.20. The number of nitrogens with zero attached hydrogens (tertiary/aromatic N) is 1. The Bertz CT molecular complexity index is 292. The highest BCUT2D eigenvalue weighted by Gasteiger charge is 2.36. The minimum atomic E-state index is 0.169. The van der Waals surface area contributed by atoms with E-state index in [1.165, 1.54) is 5.56 Å². The molecule has 0 aromatic carbocycles. The first-order chi connectivity index (χ1) is 7.35. The summed E-state index contributed by atoms with van der Waals surface area (Å²) in [5.74, 6) is 0. The average molecular weight is 207 g/mol. The van der Waals surface area contributed by atoms with Gasteiger partial charge in [0.2, 0.25) is 0 Å². The Balaban J connectivity index is 1.75. The van der Waals surface area contributed by atoms with Gasteiger partial charge in [-0.3, -0.25) is 4.98 Å². The molecule has 3 N–H and O–H groups in total. The average Bonchev–Trinajstić information content (AvgIpc) is 2.24. The summed E-state index contributed by atoms with van der Waals surface area (Å²) in [6, 6.07) is 4.01. The molecule has 1 aliphatic heterocycles. The van der Waals surface area contributed by atoms with E-state index in [0.29, 0.717) is 6.54 Å². The fraction of sp³-hybridized carbons (Fsp3) is 0.545. The van der Waals surface area contributed by atoms with Crippen LogP contribution in [0.3, 0.4) is 0 Å². The Hall–Kier alpha value is -0.970. The number of pyridine rings is 1. The topological polar surface area (TPSA) is 60.2 Å². The lowest BCUT2D eigenvalue weighted by molar-refractivity contribution is -0.105. The number of hydrogen-bond donors (Lipinski definition) is 2. The Labute approximate surface area is 89.8 Å². The smallest absolute Gasteiger partial charge is 0.0569 e. The van der Waals surface area contributed by atoms with E-state index in [4.69, 9.17) is 10.5 Å². The molecule has 0 saturated carbocycles. The molecule has 4 heteroatoms. The van der Waals surface area contributed by atoms with Gasteiger partial charge in [0.25, 0.3) is 0 Å². The third-order valence-corrected chi connectivity index (χ3v) is 2.80. The zero-order chi connectivity index (χ0) is 10.6. The molecule has 1 aromatic rings. The van der Waals surface area contributed by atoms with Crippen molar-refractivity contribution in [3.63, 3.8) is 0 Å². The van der Waals surface area contributed by atoms with Gasteiger partial charge in [-0.05, 0) is 11.6 Å². The predicted octanol–water partition coefficient (Wildman–Crippen LogP) is 0.146. The molecule has 82 valence electrons. The number of nitrogens with two attached hydrogens (primary N) is 1. The second-order valence-electron chi connectivity index (χ2n) is 4.16. The van der Waals surface area contributed by atoms with Crippen LogP contribution >= 0.6 is 0 Å². The molecule has 1 saturated heterocycles. The molecule has 0 radical (unpaired) electrons. The SMILES string of the molecule is NCC1(CNCc2cccnc2)COC1. The summed E-state index contributed by atoms with van der Waals surface area (Å²) >= 11 is 0. The van der Waals surface area contributed by atoms with Gasteiger partial charge < -0.3 is 15.8 Å². The van der Waals surface area contributed by atoms with Crippen molar-refractivity contribution in [1.29, 1.82) is 0 Å². The Morgan fingerprint density at radius 2 is 2.40 bits per heavy atom. The second-order valence-corrected chi connectivity index (χ2v) is 4.16. The van der Waals surface area contributed by atoms with Gasteiger partial charge >= 0.3 is 0 Å². The standard InChI is InChI=1S/C11H17N3O/c12-6-11(8-15-9-11)7-14-5-10-2-1-3-13-4-10/h1-4,14H,5-9,12H2. The van der Waals surface area contributed by atoms with Gasteiger partial charge in [0, 0.05) is 37.4 Å². The quantitative estimate of drug-likeness (QED) is 0.721. The monoisotopic (exact) mass is 207 g/mol. The van der Waals surface area contributed by atoms with Gasteiger partial charge in [0.1, 0.15) is 0 Å². The van der Waals surface area contributed by atoms with E-state index >= 15 is 0 Å². The number of hydrogen-bond acceptors (Lipinski definition) is 4. The lowest BCUT2D eigenvalue weighted by Gasteiger charge is -2.40. The maximum absolute atomic E-state index is 5.72. The lowest BCUT2D eigenvalue weighted by atomic mass is 9.86. The van der Waals surface area contributed by atoms with E-state index in [9.17, 15) is 0 Å². The molecule has 0 spiro atoms. The fourth-order valence-corrected chi connectivity index (χ4v) is 1.66. The highest BCUT2D eigenvalue weighted by atomic mass is 16.5. The highest BCUT2D eigenvalue weighted by molar-refractivity contribution is 5.08. The first-order valence-corrected chi connectivity index (χ1v) is 5.22. The zero-order valence-corrected chi connectivity index (χ0v) is 8.78. The van der Waals surface area contributed by atoms with Crippen molar-refractivity contribution in [3.8, 4) is 0 Å². The van der Waals surface area contributed by atoms with Crippen LogP contribution in [0.5, 0.6) is 0 Å². The number of nitrogens with one attached hydrogen (secondary N) is 1. The van der Waals surface area contributed by atoms with Gasteiger partial charge in [-0.2, -0.15) is 0 Å². The van der Waals surface area contributed by atoms with Crippen LogP contribution in [0.25, 0.3) is 0 Å². The van der Waals surface area contributed by atoms with Crippen molar-refractivity contribution in [3.05, 3.63) is 30.1 Å². The third kappa shape index (κ3) is 2.53. The summed E-state index contributed by atoms with van der Waals surface area (Å²) in [6.45, 7) is 4.01. The largest absolute Gasteiger partial charge is 0.380 e. The summed E-state index contributed by atoms with van der Waals surface area (Å²) in [5, 5.41) is 3.40. The minimum Gasteiger partial charge on any atom is -0.380 e. The lowest BCUT2D eigenvalue weighted by Crippen LogP contribution is -2.54. The molecule has 1 aliphatic rings. The van der Waals surface area contributed by atoms with E-state index in [-0.39, 0.29) is 5.41 Å². The molecule has 1 fully saturated rings. The van der Waals surface area contributed by atoms with E-state index in [1.807, 2.05) is 12.3 Å². The number of ether oxygens (including phenoxy) is 1. The van der Waals surface area contributed by atoms with E-state index < -0.39 is 0 Å². The minimum absolute atomic E-state index is 0.169. The molecule has 2 heterocycles. The van der Waals surface area contributed by atoms with Crippen molar-refractivity contribution in [2.24, 2.45) is 11.1 Å². The maximum atomic E-state index is 5.72. The molecular formula is C11H17N3O. The summed E-state index contributed by atoms with van der Waals surface area (Å²) in [5.41, 5.74) is 7.08. The summed E-state index contributed by atoms with van der Waals surface area (Å²) in [7, 11) is 0. The van der Waals surface area contributed by atoms with Gasteiger partial charge in [-0.1, -0.05) is 6.07 Å². The van der Waals surface area contributed by atoms with E-state index in [1.54, 1.807) is 6.20 Å². The van der Waals surface area contributed by atoms with Crippen LogP contribution in [0.4, 0.5) is 0 Å². The zero-order valence-electron chi connectivity index (χ0n) is 8.78. The van der Waals surface area contributed by atoms with Crippen LogP contribution in [-0.4, -0.2) is 31.3 Å². The predicted molar refractivity (Wildman–Crippen MR) is 58.3 cm³/mol. The summed E-state index contributed by atoms with van der Waals surface area (Å²) in [4.78, 5) is 4.06. The van der Waals surface area contributed by atoms with Gasteiger partial charge in [-0.25, -0.2) is 0 Å². The van der Waals surface area contributed by atoms with Crippen LogP contribution in [0.2, 0.25) is 0 Å². The highest BCUT2D eigenvalue weighted by Crippen LogP contribution is 2.24. The molecule has 0 unspecified atom stereocenters. The first kappa shape index (κ1) is 10.5. The maximum Gasteiger partial charge on any atom is 0.0569 e. The van der Waals surface area contributed by atoms with Crippen molar-refractivity contribution < 1.29 is 4.74 Å². The fourth-order valence-electron chi connectivity index (χ4n) is 1.66. The van der Waals surface area contributed by atoms with Crippen LogP contribution in [0.15, 0.2) is 24.5 Å². The molecular weight excluding hydrogens is 190 g/mol.